The van der Waals surface area contributed by atoms with Gasteiger partial charge in [0, 0.05) is 50.9 Å². The Morgan fingerprint density at radius 2 is 2.12 bits per heavy atom. The molecular formula is C23H30ClN5O4Si. The maximum atomic E-state index is 10.7. The molecule has 1 aliphatic rings. The number of halogens is 1. The summed E-state index contributed by atoms with van der Waals surface area (Å²) in [5.74, 6) is 0.667. The molecule has 0 spiro atoms. The molecule has 1 amide bonds. The molecule has 9 nitrogen and oxygen atoms in total. The van der Waals surface area contributed by atoms with E-state index in [-0.39, 0.29) is 17.3 Å². The maximum absolute atomic E-state index is 10.7. The van der Waals surface area contributed by atoms with Crippen LogP contribution in [0.1, 0.15) is 12.8 Å². The first-order valence-corrected chi connectivity index (χ1v) is 15.5. The molecule has 34 heavy (non-hydrogen) atoms. The van der Waals surface area contributed by atoms with Crippen LogP contribution in [0, 0.1) is 5.92 Å². The van der Waals surface area contributed by atoms with Crippen LogP contribution in [-0.2, 0) is 11.5 Å². The van der Waals surface area contributed by atoms with Crippen LogP contribution in [0.2, 0.25) is 31.0 Å². The average Bonchev–Trinajstić information content (AvgIpc) is 3.11. The van der Waals surface area contributed by atoms with Crippen molar-refractivity contribution in [3.8, 4) is 17.0 Å². The van der Waals surface area contributed by atoms with Crippen LogP contribution in [0.25, 0.3) is 22.2 Å². The molecule has 0 unspecified atom stereocenters. The quantitative estimate of drug-likeness (QED) is 0.230. The van der Waals surface area contributed by atoms with Gasteiger partial charge in [-0.15, -0.1) is 0 Å². The summed E-state index contributed by atoms with van der Waals surface area (Å²) in [6.07, 6.45) is 5.91. The number of aromatic nitrogens is 4. The highest BCUT2D eigenvalue weighted by Gasteiger charge is 2.32. The highest BCUT2D eigenvalue weighted by molar-refractivity contribution is 6.76. The van der Waals surface area contributed by atoms with E-state index in [0.717, 1.165) is 35.4 Å². The second-order valence-electron chi connectivity index (χ2n) is 9.86. The molecule has 0 aliphatic heterocycles. The van der Waals surface area contributed by atoms with Gasteiger partial charge in [0.15, 0.2) is 5.65 Å². The van der Waals surface area contributed by atoms with E-state index in [2.05, 4.69) is 39.9 Å². The fraction of sp³-hybridized carbons (Fsp3) is 0.478. The third kappa shape index (κ3) is 6.05. The van der Waals surface area contributed by atoms with Crippen molar-refractivity contribution >= 4 is 36.8 Å². The first-order chi connectivity index (χ1) is 16.2. The van der Waals surface area contributed by atoms with Gasteiger partial charge in [-0.05, 0) is 42.5 Å². The van der Waals surface area contributed by atoms with Crippen molar-refractivity contribution in [2.45, 2.75) is 51.4 Å². The maximum Gasteiger partial charge on any atom is 0.404 e. The van der Waals surface area contributed by atoms with Crippen molar-refractivity contribution in [2.75, 3.05) is 13.2 Å². The third-order valence-electron chi connectivity index (χ3n) is 5.87. The van der Waals surface area contributed by atoms with Gasteiger partial charge in [-0.3, -0.25) is 4.98 Å². The molecule has 1 saturated carbocycles. The van der Waals surface area contributed by atoms with Gasteiger partial charge in [0.1, 0.15) is 12.8 Å². The van der Waals surface area contributed by atoms with E-state index in [9.17, 15) is 4.79 Å². The van der Waals surface area contributed by atoms with Crippen LogP contribution in [0.15, 0.2) is 30.7 Å². The van der Waals surface area contributed by atoms with E-state index in [1.165, 1.54) is 0 Å². The lowest BCUT2D eigenvalue weighted by Crippen LogP contribution is -2.40. The number of carboxylic acid groups (broad SMARTS) is 1. The van der Waals surface area contributed by atoms with E-state index in [4.69, 9.17) is 26.2 Å². The number of amides is 1. The summed E-state index contributed by atoms with van der Waals surface area (Å²) in [6.45, 7) is 8.42. The molecule has 0 saturated heterocycles. The molecule has 3 heterocycles. The number of ether oxygens (including phenoxy) is 2. The van der Waals surface area contributed by atoms with Crippen LogP contribution >= 0.6 is 11.6 Å². The molecule has 0 bridgehead atoms. The molecule has 2 N–H and O–H groups in total. The van der Waals surface area contributed by atoms with E-state index in [1.54, 1.807) is 12.4 Å². The Balaban J connectivity index is 1.60. The normalized spacial score (nSPS) is 18.0. The summed E-state index contributed by atoms with van der Waals surface area (Å²) >= 11 is 6.29. The van der Waals surface area contributed by atoms with Gasteiger partial charge in [0.25, 0.3) is 0 Å². The summed E-state index contributed by atoms with van der Waals surface area (Å²) in [5.41, 5.74) is 2.46. The predicted octanol–water partition coefficient (Wildman–Crippen LogP) is 4.88. The smallest absolute Gasteiger partial charge is 0.404 e. The van der Waals surface area contributed by atoms with Crippen molar-refractivity contribution in [2.24, 2.45) is 5.92 Å². The summed E-state index contributed by atoms with van der Waals surface area (Å²) < 4.78 is 14.2. The molecule has 3 aromatic heterocycles. The Hall–Kier alpha value is -2.69. The highest BCUT2D eigenvalue weighted by Crippen LogP contribution is 2.39. The molecule has 3 aromatic rings. The van der Waals surface area contributed by atoms with Crippen molar-refractivity contribution in [1.82, 2.24) is 24.8 Å². The molecule has 1 fully saturated rings. The number of pyridine rings is 1. The number of carbonyl (C=O) groups is 1. The van der Waals surface area contributed by atoms with Gasteiger partial charge in [-0.1, -0.05) is 25.7 Å². The molecule has 1 aliphatic carbocycles. The number of nitrogens with one attached hydrogen (secondary N) is 1. The largest absolute Gasteiger partial charge is 0.474 e. The Morgan fingerprint density at radius 1 is 1.32 bits per heavy atom. The third-order valence-corrected chi connectivity index (χ3v) is 7.74. The van der Waals surface area contributed by atoms with Gasteiger partial charge in [0.05, 0.1) is 5.39 Å². The number of hydrogen-bond acceptors (Lipinski definition) is 6. The van der Waals surface area contributed by atoms with E-state index < -0.39 is 14.2 Å². The molecule has 0 radical (unpaired) electrons. The van der Waals surface area contributed by atoms with Crippen LogP contribution in [-0.4, -0.2) is 58.0 Å². The number of fused-ring (bicyclic) bond motifs is 1. The summed E-state index contributed by atoms with van der Waals surface area (Å²) in [6, 6.07) is 4.94. The SMILES string of the molecule is C[Si](C)(C)CCOCn1cc(-c2cccnc2)c2c(OC3CC(CNC(=O)O)C3)nc(Cl)nc21. The fourth-order valence-electron chi connectivity index (χ4n) is 3.92. The Kier molecular flexibility index (Phi) is 7.39. The van der Waals surface area contributed by atoms with Crippen LogP contribution in [0.5, 0.6) is 5.88 Å². The minimum Gasteiger partial charge on any atom is -0.474 e. The van der Waals surface area contributed by atoms with Crippen LogP contribution in [0.4, 0.5) is 4.79 Å². The number of nitrogens with zero attached hydrogens (tertiary/aromatic N) is 4. The Morgan fingerprint density at radius 3 is 2.79 bits per heavy atom. The predicted molar refractivity (Wildman–Crippen MR) is 133 cm³/mol. The zero-order chi connectivity index (χ0) is 24.3. The highest BCUT2D eigenvalue weighted by atomic mass is 35.5. The van der Waals surface area contributed by atoms with Crippen molar-refractivity contribution < 1.29 is 19.4 Å². The fourth-order valence-corrected chi connectivity index (χ4v) is 4.84. The number of hydrogen-bond donors (Lipinski definition) is 2. The lowest BCUT2D eigenvalue weighted by molar-refractivity contribution is 0.0619. The summed E-state index contributed by atoms with van der Waals surface area (Å²) in [5, 5.41) is 12.1. The zero-order valence-corrected chi connectivity index (χ0v) is 21.4. The van der Waals surface area contributed by atoms with Gasteiger partial charge < -0.3 is 24.5 Å². The molecule has 11 heteroatoms. The molecular weight excluding hydrogens is 474 g/mol. The standard InChI is InChI=1S/C23H30ClN5O4Si/c1-34(2,3)8-7-32-14-29-13-18(16-5-4-6-25-12-16)19-20(29)27-22(24)28-21(19)33-17-9-15(10-17)11-26-23(30)31/h4-6,12-13,15,17,26H,7-11,14H2,1-3H3,(H,30,31). The van der Waals surface area contributed by atoms with Crippen LogP contribution in [0.3, 0.4) is 0 Å². The van der Waals surface area contributed by atoms with Gasteiger partial charge >= 0.3 is 6.09 Å². The Bertz CT molecular complexity index is 1150. The van der Waals surface area contributed by atoms with Crippen molar-refractivity contribution in [3.63, 3.8) is 0 Å². The topological polar surface area (TPSA) is 111 Å². The second-order valence-corrected chi connectivity index (χ2v) is 15.8. The second kappa shape index (κ2) is 10.3. The van der Waals surface area contributed by atoms with Gasteiger partial charge in [0.2, 0.25) is 11.2 Å². The van der Waals surface area contributed by atoms with Crippen LogP contribution < -0.4 is 10.1 Å². The van der Waals surface area contributed by atoms with Crippen molar-refractivity contribution in [1.29, 1.82) is 0 Å². The molecule has 0 aromatic carbocycles. The lowest BCUT2D eigenvalue weighted by atomic mass is 9.82. The first kappa shape index (κ1) is 24.4. The zero-order valence-electron chi connectivity index (χ0n) is 19.6. The van der Waals surface area contributed by atoms with Crippen molar-refractivity contribution in [3.05, 3.63) is 36.0 Å². The molecule has 0 atom stereocenters. The van der Waals surface area contributed by atoms with E-state index >= 15 is 0 Å². The molecule has 4 rings (SSSR count). The monoisotopic (exact) mass is 503 g/mol. The minimum atomic E-state index is -1.20. The minimum absolute atomic E-state index is 0.0622. The average molecular weight is 504 g/mol. The van der Waals surface area contributed by atoms with E-state index in [1.807, 2.05) is 22.9 Å². The summed E-state index contributed by atoms with van der Waals surface area (Å²) in [4.78, 5) is 23.9. The molecule has 182 valence electrons. The summed E-state index contributed by atoms with van der Waals surface area (Å²) in [7, 11) is -1.20. The van der Waals surface area contributed by atoms with E-state index in [0.29, 0.717) is 31.4 Å². The van der Waals surface area contributed by atoms with Gasteiger partial charge in [-0.2, -0.15) is 9.97 Å². The van der Waals surface area contributed by atoms with Gasteiger partial charge in [-0.25, -0.2) is 4.79 Å². The lowest BCUT2D eigenvalue weighted by Gasteiger charge is -2.34. The number of rotatable bonds is 10. The Labute approximate surface area is 204 Å². The first-order valence-electron chi connectivity index (χ1n) is 11.4.